The Kier molecular flexibility index (Phi) is 3.75. The molecule has 0 bridgehead atoms. The van der Waals surface area contributed by atoms with E-state index >= 15 is 0 Å². The molecule has 1 amide bonds. The minimum Gasteiger partial charge on any atom is -0.480 e. The number of hydrogen-bond donors (Lipinski definition) is 1. The molecule has 0 fully saturated rings. The first-order valence-electron chi connectivity index (χ1n) is 5.75. The van der Waals surface area contributed by atoms with Gasteiger partial charge in [-0.3, -0.25) is 4.79 Å². The van der Waals surface area contributed by atoms with Gasteiger partial charge in [-0.05, 0) is 30.9 Å². The maximum Gasteiger partial charge on any atom is 0.237 e. The average Bonchev–Trinajstić information content (AvgIpc) is 2.82. The molecule has 0 unspecified atom stereocenters. The second kappa shape index (κ2) is 5.48. The van der Waals surface area contributed by atoms with E-state index < -0.39 is 0 Å². The first-order chi connectivity index (χ1) is 8.29. The van der Waals surface area contributed by atoms with Gasteiger partial charge in [-0.15, -0.1) is 0 Å². The van der Waals surface area contributed by atoms with Crippen LogP contribution >= 0.6 is 0 Å². The molecule has 0 spiro atoms. The monoisotopic (exact) mass is 232 g/mol. The van der Waals surface area contributed by atoms with Crippen LogP contribution in [0.2, 0.25) is 0 Å². The largest absolute Gasteiger partial charge is 0.480 e. The van der Waals surface area contributed by atoms with E-state index in [9.17, 15) is 4.79 Å². The van der Waals surface area contributed by atoms with Crippen LogP contribution in [0.15, 0.2) is 30.5 Å². The molecule has 1 N–H and O–H groups in total. The predicted molar refractivity (Wildman–Crippen MR) is 65.9 cm³/mol. The number of hydrogen-bond acceptors (Lipinski definition) is 3. The van der Waals surface area contributed by atoms with Gasteiger partial charge in [0.25, 0.3) is 0 Å². The number of aromatic nitrogens is 1. The van der Waals surface area contributed by atoms with Gasteiger partial charge in [0, 0.05) is 12.6 Å². The fourth-order valence-corrected chi connectivity index (χ4v) is 1.95. The normalized spacial score (nSPS) is 18.1. The van der Waals surface area contributed by atoms with Crippen molar-refractivity contribution in [3.63, 3.8) is 0 Å². The topological polar surface area (TPSA) is 51.2 Å². The van der Waals surface area contributed by atoms with Gasteiger partial charge < -0.3 is 10.1 Å². The summed E-state index contributed by atoms with van der Waals surface area (Å²) in [5, 5.41) is 2.83. The lowest BCUT2D eigenvalue weighted by Crippen LogP contribution is -2.15. The van der Waals surface area contributed by atoms with Crippen molar-refractivity contribution >= 4 is 11.6 Å². The summed E-state index contributed by atoms with van der Waals surface area (Å²) < 4.78 is 5.08. The van der Waals surface area contributed by atoms with Gasteiger partial charge in [0.05, 0.1) is 7.11 Å². The van der Waals surface area contributed by atoms with Crippen molar-refractivity contribution in [1.29, 1.82) is 0 Å². The van der Waals surface area contributed by atoms with Gasteiger partial charge >= 0.3 is 0 Å². The van der Waals surface area contributed by atoms with Crippen LogP contribution in [0.1, 0.15) is 19.3 Å². The van der Waals surface area contributed by atoms with Gasteiger partial charge in [0.1, 0.15) is 5.69 Å². The summed E-state index contributed by atoms with van der Waals surface area (Å²) in [6, 6.07) is 3.56. The number of nitrogens with one attached hydrogen (secondary N) is 1. The summed E-state index contributed by atoms with van der Waals surface area (Å²) in [4.78, 5) is 15.8. The number of allylic oxidation sites excluding steroid dienone is 2. The summed E-state index contributed by atoms with van der Waals surface area (Å²) in [5.74, 6) is 0.827. The fourth-order valence-electron chi connectivity index (χ4n) is 1.95. The van der Waals surface area contributed by atoms with Crippen molar-refractivity contribution in [2.75, 3.05) is 12.4 Å². The number of carbonyl (C=O) groups is 1. The Balaban J connectivity index is 1.95. The third kappa shape index (κ3) is 3.06. The minimum atomic E-state index is 0.00727. The standard InChI is InChI=1S/C13H16N2O2/c1-17-13-11(7-4-8-14-13)15-12(16)9-10-5-2-3-6-10/h2,4-5,7-8,10H,3,6,9H2,1H3,(H,15,16)/t10-/m0/s1. The number of nitrogens with zero attached hydrogens (tertiary/aromatic N) is 1. The summed E-state index contributed by atoms with van der Waals surface area (Å²) in [6.07, 6.45) is 8.54. The van der Waals surface area contributed by atoms with E-state index in [0.717, 1.165) is 12.8 Å². The molecule has 1 aliphatic carbocycles. The lowest BCUT2D eigenvalue weighted by molar-refractivity contribution is -0.116. The van der Waals surface area contributed by atoms with Gasteiger partial charge in [0.2, 0.25) is 11.8 Å². The van der Waals surface area contributed by atoms with Crippen molar-refractivity contribution in [1.82, 2.24) is 4.98 Å². The van der Waals surface area contributed by atoms with Gasteiger partial charge in [-0.25, -0.2) is 4.98 Å². The molecule has 2 rings (SSSR count). The minimum absolute atomic E-state index is 0.00727. The first-order valence-corrected chi connectivity index (χ1v) is 5.75. The average molecular weight is 232 g/mol. The van der Waals surface area contributed by atoms with Crippen LogP contribution in [0.3, 0.4) is 0 Å². The van der Waals surface area contributed by atoms with E-state index in [1.165, 1.54) is 7.11 Å². The van der Waals surface area contributed by atoms with E-state index in [4.69, 9.17) is 4.74 Å². The highest BCUT2D eigenvalue weighted by atomic mass is 16.5. The lowest BCUT2D eigenvalue weighted by atomic mass is 10.1. The van der Waals surface area contributed by atoms with E-state index in [2.05, 4.69) is 22.5 Å². The van der Waals surface area contributed by atoms with Crippen molar-refractivity contribution in [3.8, 4) is 5.88 Å². The van der Waals surface area contributed by atoms with Crippen LogP contribution in [-0.2, 0) is 4.79 Å². The van der Waals surface area contributed by atoms with Crippen LogP contribution in [0.5, 0.6) is 5.88 Å². The number of pyridine rings is 1. The smallest absolute Gasteiger partial charge is 0.237 e. The molecule has 1 aromatic heterocycles. The molecule has 4 heteroatoms. The first kappa shape index (κ1) is 11.6. The summed E-state index contributed by atoms with van der Waals surface area (Å²) in [6.45, 7) is 0. The second-order valence-corrected chi connectivity index (χ2v) is 4.08. The van der Waals surface area contributed by atoms with Crippen molar-refractivity contribution in [2.24, 2.45) is 5.92 Å². The molecule has 0 saturated heterocycles. The number of carbonyl (C=O) groups excluding carboxylic acids is 1. The molecule has 0 radical (unpaired) electrons. The Labute approximate surface area is 101 Å². The maximum absolute atomic E-state index is 11.8. The van der Waals surface area contributed by atoms with Crippen LogP contribution in [0, 0.1) is 5.92 Å². The molecule has 1 aromatic rings. The van der Waals surface area contributed by atoms with Crippen LogP contribution in [-0.4, -0.2) is 18.0 Å². The molecule has 0 aliphatic heterocycles. The molecule has 1 atom stereocenters. The molecule has 0 aromatic carbocycles. The van der Waals surface area contributed by atoms with E-state index in [1.807, 2.05) is 0 Å². The zero-order valence-corrected chi connectivity index (χ0v) is 9.85. The second-order valence-electron chi connectivity index (χ2n) is 4.08. The molecule has 4 nitrogen and oxygen atoms in total. The quantitative estimate of drug-likeness (QED) is 0.811. The van der Waals surface area contributed by atoms with Crippen molar-refractivity contribution in [2.45, 2.75) is 19.3 Å². The highest BCUT2D eigenvalue weighted by Crippen LogP contribution is 2.23. The number of anilines is 1. The number of methoxy groups -OCH3 is 1. The molecule has 1 aliphatic rings. The summed E-state index contributed by atoms with van der Waals surface area (Å²) in [5.41, 5.74) is 0.627. The summed E-state index contributed by atoms with van der Waals surface area (Å²) >= 11 is 0. The zero-order valence-electron chi connectivity index (χ0n) is 9.85. The maximum atomic E-state index is 11.8. The van der Waals surface area contributed by atoms with E-state index in [-0.39, 0.29) is 5.91 Å². The summed E-state index contributed by atoms with van der Waals surface area (Å²) in [7, 11) is 1.54. The molecule has 0 saturated carbocycles. The van der Waals surface area contributed by atoms with Crippen LogP contribution in [0.25, 0.3) is 0 Å². The molecular formula is C13H16N2O2. The van der Waals surface area contributed by atoms with Crippen molar-refractivity contribution < 1.29 is 9.53 Å². The van der Waals surface area contributed by atoms with Gasteiger partial charge in [0.15, 0.2) is 0 Å². The van der Waals surface area contributed by atoms with Gasteiger partial charge in [-0.2, -0.15) is 0 Å². The molecular weight excluding hydrogens is 216 g/mol. The van der Waals surface area contributed by atoms with Crippen molar-refractivity contribution in [3.05, 3.63) is 30.5 Å². The Morgan fingerprint density at radius 3 is 3.24 bits per heavy atom. The SMILES string of the molecule is COc1ncccc1NC(=O)C[C@H]1C=CCC1. The Morgan fingerprint density at radius 1 is 1.65 bits per heavy atom. The predicted octanol–water partition coefficient (Wildman–Crippen LogP) is 2.39. The van der Waals surface area contributed by atoms with E-state index in [1.54, 1.807) is 18.3 Å². The number of rotatable bonds is 4. The Hall–Kier alpha value is -1.84. The number of ether oxygens (including phenoxy) is 1. The lowest BCUT2D eigenvalue weighted by Gasteiger charge is -2.10. The zero-order chi connectivity index (χ0) is 12.1. The van der Waals surface area contributed by atoms with Crippen LogP contribution in [0.4, 0.5) is 5.69 Å². The fraction of sp³-hybridized carbons (Fsp3) is 0.385. The third-order valence-corrected chi connectivity index (χ3v) is 2.80. The van der Waals surface area contributed by atoms with Gasteiger partial charge in [-0.1, -0.05) is 12.2 Å². The molecule has 90 valence electrons. The highest BCUT2D eigenvalue weighted by Gasteiger charge is 2.15. The third-order valence-electron chi connectivity index (χ3n) is 2.80. The molecule has 1 heterocycles. The highest BCUT2D eigenvalue weighted by molar-refractivity contribution is 5.92. The molecule has 17 heavy (non-hydrogen) atoms. The van der Waals surface area contributed by atoms with Crippen LogP contribution < -0.4 is 10.1 Å². The number of amides is 1. The van der Waals surface area contributed by atoms with E-state index in [0.29, 0.717) is 23.9 Å². The Bertz CT molecular complexity index is 429. The Morgan fingerprint density at radius 2 is 2.53 bits per heavy atom.